The third-order valence-electron chi connectivity index (χ3n) is 4.42. The number of hydrogen-bond donors (Lipinski definition) is 2. The van der Waals surface area contributed by atoms with Gasteiger partial charge in [0.2, 0.25) is 15.9 Å². The van der Waals surface area contributed by atoms with Crippen molar-refractivity contribution in [2.24, 2.45) is 5.14 Å². The van der Waals surface area contributed by atoms with E-state index in [4.69, 9.17) is 16.7 Å². The average Bonchev–Trinajstić information content (AvgIpc) is 3.15. The molecule has 0 saturated heterocycles. The Kier molecular flexibility index (Phi) is 6.77. The number of alkyl halides is 5. The van der Waals surface area contributed by atoms with Crippen molar-refractivity contribution in [3.63, 3.8) is 0 Å². The number of rotatable bonds is 6. The van der Waals surface area contributed by atoms with Crippen LogP contribution in [-0.4, -0.2) is 24.1 Å². The molecule has 0 radical (unpaired) electrons. The second kappa shape index (κ2) is 9.08. The number of sulfonamides is 1. The van der Waals surface area contributed by atoms with E-state index in [2.05, 4.69) is 10.4 Å². The molecule has 7 nitrogen and oxygen atoms in total. The first-order valence-electron chi connectivity index (χ1n) is 8.92. The van der Waals surface area contributed by atoms with Crippen molar-refractivity contribution in [3.8, 4) is 11.1 Å². The number of anilines is 1. The molecular formula is C19H14ClF5N4O3S. The summed E-state index contributed by atoms with van der Waals surface area (Å²) in [5.41, 5.74) is -3.00. The fourth-order valence-corrected chi connectivity index (χ4v) is 4.05. The quantitative estimate of drug-likeness (QED) is 0.480. The highest BCUT2D eigenvalue weighted by molar-refractivity contribution is 7.89. The summed E-state index contributed by atoms with van der Waals surface area (Å²) in [6.45, 7) is -3.63. The Morgan fingerprint density at radius 3 is 2.39 bits per heavy atom. The van der Waals surface area contributed by atoms with Crippen LogP contribution in [0.5, 0.6) is 0 Å². The van der Waals surface area contributed by atoms with Crippen LogP contribution in [0.4, 0.5) is 27.6 Å². The zero-order chi connectivity index (χ0) is 24.6. The molecule has 0 bridgehead atoms. The molecule has 0 atom stereocenters. The highest BCUT2D eigenvalue weighted by Gasteiger charge is 2.41. The van der Waals surface area contributed by atoms with E-state index in [1.165, 1.54) is 0 Å². The predicted molar refractivity (Wildman–Crippen MR) is 109 cm³/mol. The fraction of sp³-hybridized carbons (Fsp3) is 0.158. The number of primary sulfonamides is 1. The van der Waals surface area contributed by atoms with Gasteiger partial charge in [0.15, 0.2) is 5.69 Å². The fourth-order valence-electron chi connectivity index (χ4n) is 3.07. The van der Waals surface area contributed by atoms with Gasteiger partial charge in [0, 0.05) is 21.8 Å². The molecule has 0 spiro atoms. The van der Waals surface area contributed by atoms with Crippen LogP contribution in [0, 0.1) is 0 Å². The molecule has 0 aliphatic rings. The number of benzene rings is 2. The Bertz CT molecular complexity index is 1310. The minimum atomic E-state index is -5.28. The van der Waals surface area contributed by atoms with Crippen LogP contribution in [-0.2, 0) is 27.4 Å². The van der Waals surface area contributed by atoms with E-state index in [9.17, 15) is 35.2 Å². The third-order valence-corrected chi connectivity index (χ3v) is 5.74. The number of carbonyl (C=O) groups is 1. The molecule has 3 N–H and O–H groups in total. The van der Waals surface area contributed by atoms with Crippen LogP contribution in [0.15, 0.2) is 53.6 Å². The molecule has 3 aromatic rings. The minimum absolute atomic E-state index is 0.102. The lowest BCUT2D eigenvalue weighted by Gasteiger charge is -2.15. The molecule has 33 heavy (non-hydrogen) atoms. The number of amides is 1. The first-order chi connectivity index (χ1) is 15.3. The van der Waals surface area contributed by atoms with Crippen molar-refractivity contribution in [3.05, 3.63) is 64.9 Å². The molecule has 1 heterocycles. The van der Waals surface area contributed by atoms with Crippen LogP contribution in [0.3, 0.4) is 0 Å². The summed E-state index contributed by atoms with van der Waals surface area (Å²) in [6, 6.07) is 9.32. The largest absolute Gasteiger partial charge is 0.433 e. The van der Waals surface area contributed by atoms with Gasteiger partial charge < -0.3 is 5.32 Å². The molecule has 176 valence electrons. The summed E-state index contributed by atoms with van der Waals surface area (Å²) in [4.78, 5) is 11.5. The number of hydrogen-bond acceptors (Lipinski definition) is 4. The molecule has 0 aliphatic carbocycles. The molecule has 3 rings (SSSR count). The molecule has 2 aromatic carbocycles. The van der Waals surface area contributed by atoms with Gasteiger partial charge in [-0.3, -0.25) is 4.79 Å². The number of nitrogens with one attached hydrogen (secondary N) is 1. The third kappa shape index (κ3) is 5.49. The molecule has 1 amide bonds. The molecule has 0 aliphatic heterocycles. The zero-order valence-electron chi connectivity index (χ0n) is 16.3. The topological polar surface area (TPSA) is 107 Å². The van der Waals surface area contributed by atoms with Gasteiger partial charge in [0.05, 0.1) is 17.5 Å². The molecule has 0 unspecified atom stereocenters. The van der Waals surface area contributed by atoms with Crippen LogP contribution < -0.4 is 10.5 Å². The highest BCUT2D eigenvalue weighted by Crippen LogP contribution is 2.41. The summed E-state index contributed by atoms with van der Waals surface area (Å²) in [6.07, 6.45) is -4.99. The number of nitrogens with zero attached hydrogens (tertiary/aromatic N) is 2. The average molecular weight is 509 g/mol. The van der Waals surface area contributed by atoms with Crippen LogP contribution in [0.25, 0.3) is 11.1 Å². The molecule has 0 saturated carbocycles. The lowest BCUT2D eigenvalue weighted by Crippen LogP contribution is -2.19. The van der Waals surface area contributed by atoms with Crippen molar-refractivity contribution in [1.82, 2.24) is 9.78 Å². The Labute approximate surface area is 189 Å². The number of nitrogens with two attached hydrogens (primary N) is 1. The first kappa shape index (κ1) is 24.6. The second-order valence-electron chi connectivity index (χ2n) is 6.70. The summed E-state index contributed by atoms with van der Waals surface area (Å²) in [7, 11) is -4.64. The summed E-state index contributed by atoms with van der Waals surface area (Å²) in [5, 5.41) is 10.9. The van der Waals surface area contributed by atoms with Crippen molar-refractivity contribution >= 4 is 33.2 Å². The summed E-state index contributed by atoms with van der Waals surface area (Å²) >= 11 is 5.99. The van der Waals surface area contributed by atoms with E-state index in [1.807, 2.05) is 0 Å². The van der Waals surface area contributed by atoms with Gasteiger partial charge in [0.1, 0.15) is 0 Å². The first-order valence-corrected chi connectivity index (χ1v) is 10.8. The second-order valence-corrected chi connectivity index (χ2v) is 8.64. The van der Waals surface area contributed by atoms with Crippen LogP contribution >= 0.6 is 11.6 Å². The minimum Gasteiger partial charge on any atom is -0.326 e. The van der Waals surface area contributed by atoms with E-state index in [0.717, 1.165) is 18.2 Å². The Morgan fingerprint density at radius 1 is 1.15 bits per heavy atom. The van der Waals surface area contributed by atoms with Crippen molar-refractivity contribution in [1.29, 1.82) is 0 Å². The van der Waals surface area contributed by atoms with Crippen molar-refractivity contribution in [2.45, 2.75) is 24.0 Å². The molecule has 1 aromatic heterocycles. The lowest BCUT2D eigenvalue weighted by atomic mass is 10.1. The Hall–Kier alpha value is -3.03. The van der Waals surface area contributed by atoms with E-state index < -0.39 is 55.1 Å². The number of aromatic nitrogens is 2. The van der Waals surface area contributed by atoms with Gasteiger partial charge in [-0.15, -0.1) is 0 Å². The summed E-state index contributed by atoms with van der Waals surface area (Å²) < 4.78 is 90.1. The van der Waals surface area contributed by atoms with E-state index in [0.29, 0.717) is 16.8 Å². The standard InChI is InChI=1S/C19H14ClF5N4O3S/c20-14-4-2-1-3-10(14)7-16(30)28-11-5-6-12(15(8-11)33(26,31)32)13-9-27-29(18(21)22)17(13)19(23,24)25/h1-6,8-9,18H,7H2,(H,28,30)(H2,26,31,32). The van der Waals surface area contributed by atoms with Crippen LogP contribution in [0.2, 0.25) is 5.02 Å². The molecule has 14 heteroatoms. The number of carbonyl (C=O) groups excluding carboxylic acids is 1. The van der Waals surface area contributed by atoms with Gasteiger partial charge in [0.25, 0.3) is 0 Å². The highest BCUT2D eigenvalue weighted by atomic mass is 35.5. The normalized spacial score (nSPS) is 12.2. The van der Waals surface area contributed by atoms with E-state index in [-0.39, 0.29) is 12.1 Å². The monoisotopic (exact) mass is 508 g/mol. The van der Waals surface area contributed by atoms with E-state index >= 15 is 0 Å². The maximum atomic E-state index is 13.5. The van der Waals surface area contributed by atoms with Crippen molar-refractivity contribution < 1.29 is 35.2 Å². The Balaban J connectivity index is 2.03. The van der Waals surface area contributed by atoms with E-state index in [1.54, 1.807) is 24.3 Å². The predicted octanol–water partition coefficient (Wildman–Crippen LogP) is 4.45. The van der Waals surface area contributed by atoms with Crippen molar-refractivity contribution in [2.75, 3.05) is 5.32 Å². The SMILES string of the molecule is NS(=O)(=O)c1cc(NC(=O)Cc2ccccc2Cl)ccc1-c1cnn(C(F)F)c1C(F)(F)F. The summed E-state index contributed by atoms with van der Waals surface area (Å²) in [5.74, 6) is -0.599. The Morgan fingerprint density at radius 2 is 1.82 bits per heavy atom. The molecule has 0 fully saturated rings. The zero-order valence-corrected chi connectivity index (χ0v) is 17.8. The van der Waals surface area contributed by atoms with Gasteiger partial charge in [-0.2, -0.15) is 31.7 Å². The van der Waals surface area contributed by atoms with Gasteiger partial charge in [-0.05, 0) is 23.8 Å². The van der Waals surface area contributed by atoms with Gasteiger partial charge >= 0.3 is 12.7 Å². The van der Waals surface area contributed by atoms with Crippen LogP contribution in [0.1, 0.15) is 17.8 Å². The van der Waals surface area contributed by atoms with Gasteiger partial charge in [-0.25, -0.2) is 13.6 Å². The smallest absolute Gasteiger partial charge is 0.326 e. The maximum Gasteiger partial charge on any atom is 0.433 e. The lowest BCUT2D eigenvalue weighted by molar-refractivity contribution is -0.149. The van der Waals surface area contributed by atoms with Gasteiger partial charge in [-0.1, -0.05) is 35.9 Å². The maximum absolute atomic E-state index is 13.5. The molecular weight excluding hydrogens is 495 g/mol. The number of halogens is 6.